The minimum absolute atomic E-state index is 0.0768. The third kappa shape index (κ3) is 3.83. The third-order valence-electron chi connectivity index (χ3n) is 4.96. The van der Waals surface area contributed by atoms with Crippen molar-refractivity contribution in [3.05, 3.63) is 24.3 Å². The van der Waals surface area contributed by atoms with Crippen molar-refractivity contribution in [2.24, 2.45) is 0 Å². The molecular weight excluding hydrogens is 276 g/mol. The van der Waals surface area contributed by atoms with Gasteiger partial charge in [-0.3, -0.25) is 9.78 Å². The molecule has 2 aliphatic rings. The third-order valence-corrected chi connectivity index (χ3v) is 4.96. The smallest absolute Gasteiger partial charge is 0.271 e. The quantitative estimate of drug-likeness (QED) is 0.928. The summed E-state index contributed by atoms with van der Waals surface area (Å²) in [6, 6.07) is 0. The van der Waals surface area contributed by atoms with Crippen LogP contribution in [0.1, 0.15) is 61.9 Å². The monoisotopic (exact) mass is 302 g/mol. The van der Waals surface area contributed by atoms with Crippen molar-refractivity contribution in [3.8, 4) is 0 Å². The Labute approximate surface area is 132 Å². The molecule has 5 nitrogen and oxygen atoms in total. The van der Waals surface area contributed by atoms with Gasteiger partial charge in [-0.05, 0) is 38.8 Å². The molecule has 5 heteroatoms. The lowest BCUT2D eigenvalue weighted by Crippen LogP contribution is -2.57. The number of nitrogens with one attached hydrogen (secondary N) is 1. The minimum Gasteiger partial charge on any atom is -0.344 e. The van der Waals surface area contributed by atoms with Gasteiger partial charge >= 0.3 is 0 Å². The zero-order valence-electron chi connectivity index (χ0n) is 13.3. The second kappa shape index (κ2) is 7.18. The Hall–Kier alpha value is -1.49. The summed E-state index contributed by atoms with van der Waals surface area (Å²) >= 11 is 0. The number of aromatic nitrogens is 2. The van der Waals surface area contributed by atoms with Crippen molar-refractivity contribution in [3.63, 3.8) is 0 Å². The van der Waals surface area contributed by atoms with Gasteiger partial charge in [-0.1, -0.05) is 25.7 Å². The van der Waals surface area contributed by atoms with E-state index in [1.54, 1.807) is 18.6 Å². The summed E-state index contributed by atoms with van der Waals surface area (Å²) in [5.74, 6) is -0.0768. The molecule has 0 aromatic carbocycles. The lowest BCUT2D eigenvalue weighted by atomic mass is 9.80. The van der Waals surface area contributed by atoms with Crippen molar-refractivity contribution >= 4 is 5.91 Å². The first-order valence-corrected chi connectivity index (χ1v) is 8.58. The molecule has 1 saturated carbocycles. The van der Waals surface area contributed by atoms with Gasteiger partial charge in [0.15, 0.2) is 0 Å². The van der Waals surface area contributed by atoms with Gasteiger partial charge < -0.3 is 10.2 Å². The van der Waals surface area contributed by atoms with Gasteiger partial charge in [0.05, 0.1) is 11.7 Å². The summed E-state index contributed by atoms with van der Waals surface area (Å²) < 4.78 is 0. The molecule has 1 aliphatic carbocycles. The highest BCUT2D eigenvalue weighted by molar-refractivity contribution is 5.92. The molecule has 0 spiro atoms. The molecule has 1 saturated heterocycles. The number of piperidine rings is 1. The number of carbonyl (C=O) groups excluding carboxylic acids is 1. The van der Waals surface area contributed by atoms with Crippen LogP contribution in [-0.2, 0) is 0 Å². The van der Waals surface area contributed by atoms with Crippen LogP contribution in [0.25, 0.3) is 0 Å². The Morgan fingerprint density at radius 3 is 2.50 bits per heavy atom. The van der Waals surface area contributed by atoms with Crippen LogP contribution in [0.2, 0.25) is 0 Å². The van der Waals surface area contributed by atoms with Crippen molar-refractivity contribution in [2.75, 3.05) is 19.6 Å². The van der Waals surface area contributed by atoms with E-state index in [4.69, 9.17) is 0 Å². The predicted octanol–water partition coefficient (Wildman–Crippen LogP) is 2.40. The number of rotatable bonds is 4. The van der Waals surface area contributed by atoms with E-state index in [-0.39, 0.29) is 11.4 Å². The molecule has 0 atom stereocenters. The number of nitrogens with zero attached hydrogens (tertiary/aromatic N) is 3. The van der Waals surface area contributed by atoms with Crippen molar-refractivity contribution in [1.82, 2.24) is 20.2 Å². The molecular formula is C17H26N4O. The molecule has 1 aromatic heterocycles. The van der Waals surface area contributed by atoms with Crippen LogP contribution in [0.15, 0.2) is 18.6 Å². The van der Waals surface area contributed by atoms with Crippen molar-refractivity contribution in [1.29, 1.82) is 0 Å². The summed E-state index contributed by atoms with van der Waals surface area (Å²) in [5.41, 5.74) is 0.343. The fourth-order valence-corrected chi connectivity index (χ4v) is 3.82. The Morgan fingerprint density at radius 1 is 1.09 bits per heavy atom. The van der Waals surface area contributed by atoms with E-state index in [1.807, 2.05) is 0 Å². The van der Waals surface area contributed by atoms with Crippen LogP contribution in [0.3, 0.4) is 0 Å². The van der Waals surface area contributed by atoms with Crippen molar-refractivity contribution in [2.45, 2.75) is 56.9 Å². The number of amides is 1. The second-order valence-electron chi connectivity index (χ2n) is 6.72. The average Bonchev–Trinajstić information content (AvgIpc) is 2.57. The van der Waals surface area contributed by atoms with Gasteiger partial charge in [-0.2, -0.15) is 0 Å². The lowest BCUT2D eigenvalue weighted by Gasteiger charge is -2.42. The van der Waals surface area contributed by atoms with Gasteiger partial charge in [0.25, 0.3) is 5.91 Å². The number of carbonyl (C=O) groups is 1. The van der Waals surface area contributed by atoms with E-state index in [1.165, 1.54) is 51.6 Å². The van der Waals surface area contributed by atoms with Crippen LogP contribution < -0.4 is 5.32 Å². The van der Waals surface area contributed by atoms with Crippen LogP contribution >= 0.6 is 0 Å². The Balaban J connectivity index is 1.69. The highest BCUT2D eigenvalue weighted by Crippen LogP contribution is 2.30. The van der Waals surface area contributed by atoms with E-state index >= 15 is 0 Å². The van der Waals surface area contributed by atoms with E-state index in [2.05, 4.69) is 20.2 Å². The summed E-state index contributed by atoms with van der Waals surface area (Å²) in [4.78, 5) is 23.2. The van der Waals surface area contributed by atoms with Gasteiger partial charge in [0.1, 0.15) is 5.69 Å². The zero-order valence-corrected chi connectivity index (χ0v) is 13.3. The fourth-order valence-electron chi connectivity index (χ4n) is 3.82. The molecule has 2 fully saturated rings. The Kier molecular flexibility index (Phi) is 5.03. The highest BCUT2D eigenvalue weighted by Gasteiger charge is 2.36. The molecule has 1 N–H and O–H groups in total. The topological polar surface area (TPSA) is 58.1 Å². The first kappa shape index (κ1) is 15.4. The molecule has 0 bridgehead atoms. The van der Waals surface area contributed by atoms with Crippen LogP contribution in [-0.4, -0.2) is 45.9 Å². The number of likely N-dealkylation sites (tertiary alicyclic amines) is 1. The molecule has 120 valence electrons. The summed E-state index contributed by atoms with van der Waals surface area (Å²) in [7, 11) is 0. The first-order chi connectivity index (χ1) is 10.8. The lowest BCUT2D eigenvalue weighted by molar-refractivity contribution is 0.0778. The van der Waals surface area contributed by atoms with Gasteiger partial charge in [-0.15, -0.1) is 0 Å². The SMILES string of the molecule is O=C(NC1(CN2CCCCC2)CCCCC1)c1cnccn1. The Morgan fingerprint density at radius 2 is 1.82 bits per heavy atom. The van der Waals surface area contributed by atoms with E-state index in [9.17, 15) is 4.79 Å². The van der Waals surface area contributed by atoms with E-state index in [0.29, 0.717) is 5.69 Å². The van der Waals surface area contributed by atoms with Crippen LogP contribution in [0.5, 0.6) is 0 Å². The fraction of sp³-hybridized carbons (Fsp3) is 0.706. The molecule has 2 heterocycles. The maximum absolute atomic E-state index is 12.5. The van der Waals surface area contributed by atoms with E-state index in [0.717, 1.165) is 19.4 Å². The zero-order chi connectivity index (χ0) is 15.3. The maximum atomic E-state index is 12.5. The van der Waals surface area contributed by atoms with Gasteiger partial charge in [0.2, 0.25) is 0 Å². The maximum Gasteiger partial charge on any atom is 0.271 e. The second-order valence-corrected chi connectivity index (χ2v) is 6.72. The number of hydrogen-bond acceptors (Lipinski definition) is 4. The van der Waals surface area contributed by atoms with Gasteiger partial charge in [0, 0.05) is 18.9 Å². The predicted molar refractivity (Wildman–Crippen MR) is 85.6 cm³/mol. The molecule has 3 rings (SSSR count). The molecule has 1 amide bonds. The average molecular weight is 302 g/mol. The highest BCUT2D eigenvalue weighted by atomic mass is 16.2. The normalized spacial score (nSPS) is 22.2. The molecule has 0 unspecified atom stereocenters. The van der Waals surface area contributed by atoms with Crippen LogP contribution in [0.4, 0.5) is 0 Å². The first-order valence-electron chi connectivity index (χ1n) is 8.58. The summed E-state index contributed by atoms with van der Waals surface area (Å²) in [6.07, 6.45) is 14.5. The van der Waals surface area contributed by atoms with Crippen LogP contribution in [0, 0.1) is 0 Å². The van der Waals surface area contributed by atoms with E-state index < -0.39 is 0 Å². The standard InChI is InChI=1S/C17H26N4O/c22-16(15-13-18-9-10-19-15)20-17(7-3-1-4-8-17)14-21-11-5-2-6-12-21/h9-10,13H,1-8,11-12,14H2,(H,20,22). The summed E-state index contributed by atoms with van der Waals surface area (Å²) in [6.45, 7) is 3.32. The Bertz CT molecular complexity index is 479. The summed E-state index contributed by atoms with van der Waals surface area (Å²) in [5, 5.41) is 3.31. The van der Waals surface area contributed by atoms with Gasteiger partial charge in [-0.25, -0.2) is 4.98 Å². The molecule has 22 heavy (non-hydrogen) atoms. The minimum atomic E-state index is -0.0792. The number of hydrogen-bond donors (Lipinski definition) is 1. The molecule has 1 aromatic rings. The molecule has 0 radical (unpaired) electrons. The van der Waals surface area contributed by atoms with Crippen molar-refractivity contribution < 1.29 is 4.79 Å². The molecule has 1 aliphatic heterocycles. The largest absolute Gasteiger partial charge is 0.344 e.